The predicted molar refractivity (Wildman–Crippen MR) is 56.8 cm³/mol. The summed E-state index contributed by atoms with van der Waals surface area (Å²) in [7, 11) is 0. The molecule has 1 aromatic rings. The summed E-state index contributed by atoms with van der Waals surface area (Å²) < 4.78 is 12.9. The Morgan fingerprint density at radius 2 is 2.33 bits per heavy atom. The highest BCUT2D eigenvalue weighted by Crippen LogP contribution is 2.38. The Morgan fingerprint density at radius 1 is 1.60 bits per heavy atom. The molecule has 15 heavy (non-hydrogen) atoms. The Morgan fingerprint density at radius 3 is 3.00 bits per heavy atom. The van der Waals surface area contributed by atoms with E-state index in [4.69, 9.17) is 5.11 Å². The van der Waals surface area contributed by atoms with E-state index in [1.54, 1.807) is 13.0 Å². The number of benzene rings is 1. The van der Waals surface area contributed by atoms with Gasteiger partial charge in [0.05, 0.1) is 5.69 Å². The molecule has 0 bridgehead atoms. The van der Waals surface area contributed by atoms with E-state index in [-0.39, 0.29) is 11.9 Å². The van der Waals surface area contributed by atoms with E-state index in [0.29, 0.717) is 5.69 Å². The number of hydrogen-bond acceptors (Lipinski definition) is 3. The molecule has 3 nitrogen and oxygen atoms in total. The Kier molecular flexibility index (Phi) is 2.56. The van der Waals surface area contributed by atoms with Crippen molar-refractivity contribution in [3.8, 4) is 0 Å². The number of carbonyl (C=O) groups is 1. The number of halogens is 1. The van der Waals surface area contributed by atoms with Crippen molar-refractivity contribution < 1.29 is 14.3 Å². The van der Waals surface area contributed by atoms with Crippen LogP contribution in [-0.4, -0.2) is 22.4 Å². The number of thioether (sulfide) groups is 1. The van der Waals surface area contributed by atoms with Crippen LogP contribution >= 0.6 is 11.8 Å². The molecule has 0 radical (unpaired) electrons. The third-order valence-electron chi connectivity index (χ3n) is 2.28. The van der Waals surface area contributed by atoms with Crippen molar-refractivity contribution in [2.45, 2.75) is 23.1 Å². The number of carboxylic acid groups (broad SMARTS) is 1. The van der Waals surface area contributed by atoms with Gasteiger partial charge in [0.1, 0.15) is 11.1 Å². The highest BCUT2D eigenvalue weighted by atomic mass is 32.2. The molecule has 2 N–H and O–H groups in total. The van der Waals surface area contributed by atoms with Crippen LogP contribution in [0.15, 0.2) is 23.1 Å². The van der Waals surface area contributed by atoms with Crippen LogP contribution in [0.1, 0.15) is 6.92 Å². The van der Waals surface area contributed by atoms with Gasteiger partial charge in [0.25, 0.3) is 0 Å². The molecule has 1 heterocycles. The van der Waals surface area contributed by atoms with Gasteiger partial charge in [0.15, 0.2) is 0 Å². The van der Waals surface area contributed by atoms with Crippen LogP contribution in [0.2, 0.25) is 0 Å². The fourth-order valence-corrected chi connectivity index (χ4v) is 2.58. The Balaban J connectivity index is 2.33. The summed E-state index contributed by atoms with van der Waals surface area (Å²) in [6.07, 6.45) is 0. The van der Waals surface area contributed by atoms with Crippen molar-refractivity contribution in [3.63, 3.8) is 0 Å². The molecule has 0 fully saturated rings. The van der Waals surface area contributed by atoms with Crippen LogP contribution in [-0.2, 0) is 4.79 Å². The lowest BCUT2D eigenvalue weighted by Gasteiger charge is -2.29. The molecule has 2 atom stereocenters. The second kappa shape index (κ2) is 3.73. The monoisotopic (exact) mass is 227 g/mol. The van der Waals surface area contributed by atoms with Gasteiger partial charge in [-0.2, -0.15) is 0 Å². The van der Waals surface area contributed by atoms with Gasteiger partial charge in [-0.1, -0.05) is 0 Å². The third-order valence-corrected chi connectivity index (χ3v) is 3.75. The molecule has 0 amide bonds. The molecule has 1 aliphatic rings. The van der Waals surface area contributed by atoms with Crippen molar-refractivity contribution in [3.05, 3.63) is 24.0 Å². The number of rotatable bonds is 1. The summed E-state index contributed by atoms with van der Waals surface area (Å²) in [5, 5.41) is 11.4. The Hall–Kier alpha value is -1.23. The fourth-order valence-electron chi connectivity index (χ4n) is 1.54. The molecule has 0 spiro atoms. The maximum absolute atomic E-state index is 12.9. The molecule has 2 unspecified atom stereocenters. The molecule has 5 heteroatoms. The summed E-state index contributed by atoms with van der Waals surface area (Å²) in [4.78, 5) is 11.7. The highest BCUT2D eigenvalue weighted by Gasteiger charge is 2.31. The van der Waals surface area contributed by atoms with E-state index in [1.807, 2.05) is 0 Å². The molecule has 2 rings (SSSR count). The van der Waals surface area contributed by atoms with Crippen molar-refractivity contribution in [2.75, 3.05) is 5.32 Å². The van der Waals surface area contributed by atoms with E-state index < -0.39 is 11.2 Å². The predicted octanol–water partition coefficient (Wildman–Crippen LogP) is 2.18. The van der Waals surface area contributed by atoms with E-state index >= 15 is 0 Å². The average Bonchev–Trinajstić information content (AvgIpc) is 2.15. The maximum atomic E-state index is 12.9. The van der Waals surface area contributed by atoms with Gasteiger partial charge in [-0.15, -0.1) is 11.8 Å². The molecule has 0 aliphatic carbocycles. The smallest absolute Gasteiger partial charge is 0.319 e. The first-order chi connectivity index (χ1) is 7.08. The number of anilines is 1. The lowest BCUT2D eigenvalue weighted by Crippen LogP contribution is -2.37. The van der Waals surface area contributed by atoms with Gasteiger partial charge in [-0.25, -0.2) is 4.39 Å². The van der Waals surface area contributed by atoms with E-state index in [9.17, 15) is 9.18 Å². The third kappa shape index (κ3) is 1.92. The number of nitrogens with one attached hydrogen (secondary N) is 1. The normalized spacial score (nSPS) is 24.1. The molecule has 80 valence electrons. The molecular formula is C10H10FNO2S. The Labute approximate surface area is 90.7 Å². The maximum Gasteiger partial charge on any atom is 0.319 e. The van der Waals surface area contributed by atoms with E-state index in [2.05, 4.69) is 5.32 Å². The minimum atomic E-state index is -0.852. The van der Waals surface area contributed by atoms with Gasteiger partial charge >= 0.3 is 5.97 Å². The van der Waals surface area contributed by atoms with E-state index in [0.717, 1.165) is 4.90 Å². The summed E-state index contributed by atoms with van der Waals surface area (Å²) in [6, 6.07) is 4.12. The first-order valence-electron chi connectivity index (χ1n) is 4.53. The van der Waals surface area contributed by atoms with Crippen LogP contribution in [0.4, 0.5) is 10.1 Å². The van der Waals surface area contributed by atoms with Gasteiger partial charge in [0, 0.05) is 10.9 Å². The van der Waals surface area contributed by atoms with Crippen LogP contribution in [0, 0.1) is 5.82 Å². The van der Waals surface area contributed by atoms with E-state index in [1.165, 1.54) is 23.9 Å². The molecule has 1 aliphatic heterocycles. The quantitative estimate of drug-likeness (QED) is 0.772. The second-order valence-corrected chi connectivity index (χ2v) is 4.63. The van der Waals surface area contributed by atoms with Crippen LogP contribution in [0.5, 0.6) is 0 Å². The molecule has 0 saturated carbocycles. The number of aliphatic carboxylic acids is 1. The van der Waals surface area contributed by atoms with Crippen molar-refractivity contribution in [2.24, 2.45) is 0 Å². The van der Waals surface area contributed by atoms with Crippen LogP contribution < -0.4 is 5.32 Å². The van der Waals surface area contributed by atoms with Crippen LogP contribution in [0.3, 0.4) is 0 Å². The molecule has 1 aromatic carbocycles. The number of fused-ring (bicyclic) bond motifs is 1. The van der Waals surface area contributed by atoms with Gasteiger partial charge in [0.2, 0.25) is 0 Å². The van der Waals surface area contributed by atoms with Crippen LogP contribution in [0.25, 0.3) is 0 Å². The minimum absolute atomic E-state index is 0.207. The van der Waals surface area contributed by atoms with Gasteiger partial charge in [-0.3, -0.25) is 4.79 Å². The number of carboxylic acids is 1. The summed E-state index contributed by atoms with van der Waals surface area (Å²) in [5.41, 5.74) is 0.671. The number of hydrogen-bond donors (Lipinski definition) is 2. The summed E-state index contributed by atoms with van der Waals surface area (Å²) in [5.74, 6) is -1.17. The zero-order chi connectivity index (χ0) is 11.0. The highest BCUT2D eigenvalue weighted by molar-refractivity contribution is 8.00. The standard InChI is InChI=1S/C10H10FNO2S/c1-5-9(10(13)14)15-8-3-2-6(11)4-7(8)12-5/h2-5,9,12H,1H3,(H,13,14). The lowest BCUT2D eigenvalue weighted by atomic mass is 10.2. The van der Waals surface area contributed by atoms with Crippen molar-refractivity contribution >= 4 is 23.4 Å². The first-order valence-corrected chi connectivity index (χ1v) is 5.41. The molecule has 0 aromatic heterocycles. The zero-order valence-electron chi connectivity index (χ0n) is 8.03. The first kappa shape index (κ1) is 10.3. The van der Waals surface area contributed by atoms with Crippen molar-refractivity contribution in [1.82, 2.24) is 0 Å². The van der Waals surface area contributed by atoms with Crippen molar-refractivity contribution in [1.29, 1.82) is 0 Å². The van der Waals surface area contributed by atoms with Gasteiger partial charge < -0.3 is 10.4 Å². The largest absolute Gasteiger partial charge is 0.480 e. The topological polar surface area (TPSA) is 49.3 Å². The zero-order valence-corrected chi connectivity index (χ0v) is 8.84. The summed E-state index contributed by atoms with van der Waals surface area (Å²) >= 11 is 1.25. The second-order valence-electron chi connectivity index (χ2n) is 3.45. The molecular weight excluding hydrogens is 217 g/mol. The SMILES string of the molecule is CC1Nc2cc(F)ccc2SC1C(=O)O. The average molecular weight is 227 g/mol. The fraction of sp³-hybridized carbons (Fsp3) is 0.300. The summed E-state index contributed by atoms with van der Waals surface area (Å²) in [6.45, 7) is 1.78. The minimum Gasteiger partial charge on any atom is -0.480 e. The molecule has 0 saturated heterocycles. The lowest BCUT2D eigenvalue weighted by molar-refractivity contribution is -0.136. The Bertz CT molecular complexity index is 410. The van der Waals surface area contributed by atoms with Gasteiger partial charge in [-0.05, 0) is 25.1 Å².